The Balaban J connectivity index is 2.67. The van der Waals surface area contributed by atoms with Gasteiger partial charge >= 0.3 is 11.9 Å². The van der Waals surface area contributed by atoms with E-state index in [1.807, 2.05) is 0 Å². The number of benzene rings is 1. The standard InChI is InChI=1S/C14H14Br2O5/c1-20-13(19)3-2-6-21-14-10(15)7-9(8-11(14)16)4-5-12(17)18/h4-5,7-8H,2-3,6H2,1H3,(H,17,18)/b5-4+. The van der Waals surface area contributed by atoms with E-state index in [4.69, 9.17) is 9.84 Å². The molecule has 0 atom stereocenters. The van der Waals surface area contributed by atoms with Crippen LogP contribution in [0.25, 0.3) is 6.08 Å². The second-order valence-electron chi connectivity index (χ2n) is 4.01. The Labute approximate surface area is 139 Å². The SMILES string of the molecule is COC(=O)CCCOc1c(Br)cc(/C=C/C(=O)O)cc1Br. The second kappa shape index (κ2) is 8.84. The Morgan fingerprint density at radius 2 is 1.90 bits per heavy atom. The molecule has 1 aromatic rings. The normalized spacial score (nSPS) is 10.6. The summed E-state index contributed by atoms with van der Waals surface area (Å²) in [4.78, 5) is 21.5. The van der Waals surface area contributed by atoms with Crippen molar-refractivity contribution in [3.05, 3.63) is 32.7 Å². The number of halogens is 2. The number of ether oxygens (including phenoxy) is 2. The summed E-state index contributed by atoms with van der Waals surface area (Å²) in [6.07, 6.45) is 3.39. The number of carboxylic acids is 1. The van der Waals surface area contributed by atoms with Crippen LogP contribution in [0.15, 0.2) is 27.2 Å². The van der Waals surface area contributed by atoms with Crippen LogP contribution in [0.1, 0.15) is 18.4 Å². The Morgan fingerprint density at radius 3 is 2.43 bits per heavy atom. The fourth-order valence-electron chi connectivity index (χ4n) is 1.47. The zero-order valence-electron chi connectivity index (χ0n) is 11.3. The molecule has 0 saturated heterocycles. The van der Waals surface area contributed by atoms with E-state index < -0.39 is 5.97 Å². The van der Waals surface area contributed by atoms with Gasteiger partial charge in [-0.15, -0.1) is 0 Å². The van der Waals surface area contributed by atoms with Crippen molar-refractivity contribution in [1.82, 2.24) is 0 Å². The van der Waals surface area contributed by atoms with E-state index in [0.717, 1.165) is 11.6 Å². The van der Waals surface area contributed by atoms with Gasteiger partial charge < -0.3 is 14.6 Å². The average Bonchev–Trinajstić information content (AvgIpc) is 2.43. The summed E-state index contributed by atoms with van der Waals surface area (Å²) in [5.74, 6) is -0.677. The summed E-state index contributed by atoms with van der Waals surface area (Å²) in [6, 6.07) is 3.50. The molecule has 114 valence electrons. The highest BCUT2D eigenvalue weighted by Gasteiger charge is 2.09. The van der Waals surface area contributed by atoms with Crippen LogP contribution in [0.5, 0.6) is 5.75 Å². The Hall–Kier alpha value is -1.34. The van der Waals surface area contributed by atoms with Gasteiger partial charge in [-0.3, -0.25) is 4.79 Å². The van der Waals surface area contributed by atoms with Gasteiger partial charge in [-0.2, -0.15) is 0 Å². The first-order valence-corrected chi connectivity index (χ1v) is 7.62. The fourth-order valence-corrected chi connectivity index (χ4v) is 2.92. The van der Waals surface area contributed by atoms with Crippen molar-refractivity contribution in [3.8, 4) is 5.75 Å². The lowest BCUT2D eigenvalue weighted by Crippen LogP contribution is -2.05. The third-order valence-electron chi connectivity index (χ3n) is 2.44. The molecule has 0 heterocycles. The average molecular weight is 422 g/mol. The van der Waals surface area contributed by atoms with E-state index >= 15 is 0 Å². The molecule has 0 spiro atoms. The Bertz CT molecular complexity index is 531. The molecule has 0 saturated carbocycles. The molecule has 0 aromatic heterocycles. The number of aliphatic carboxylic acids is 1. The van der Waals surface area contributed by atoms with E-state index in [9.17, 15) is 9.59 Å². The number of methoxy groups -OCH3 is 1. The topological polar surface area (TPSA) is 72.8 Å². The summed E-state index contributed by atoms with van der Waals surface area (Å²) in [5.41, 5.74) is 0.720. The first kappa shape index (κ1) is 17.7. The molecule has 1 N–H and O–H groups in total. The van der Waals surface area contributed by atoms with Gasteiger partial charge in [-0.25, -0.2) is 4.79 Å². The minimum absolute atomic E-state index is 0.272. The quantitative estimate of drug-likeness (QED) is 0.413. The van der Waals surface area contributed by atoms with E-state index in [1.54, 1.807) is 12.1 Å². The number of carboxylic acid groups (broad SMARTS) is 1. The smallest absolute Gasteiger partial charge is 0.328 e. The van der Waals surface area contributed by atoms with Crippen LogP contribution in [-0.2, 0) is 14.3 Å². The lowest BCUT2D eigenvalue weighted by atomic mass is 10.2. The molecule has 0 aliphatic rings. The molecular weight excluding hydrogens is 408 g/mol. The molecule has 0 radical (unpaired) electrons. The Kier molecular flexibility index (Phi) is 7.45. The van der Waals surface area contributed by atoms with Gasteiger partial charge in [-0.05, 0) is 62.1 Å². The number of carbonyl (C=O) groups excluding carboxylic acids is 1. The molecular formula is C14H14Br2O5. The van der Waals surface area contributed by atoms with E-state index in [1.165, 1.54) is 13.2 Å². The fraction of sp³-hybridized carbons (Fsp3) is 0.286. The van der Waals surface area contributed by atoms with Crippen molar-refractivity contribution in [2.24, 2.45) is 0 Å². The highest BCUT2D eigenvalue weighted by molar-refractivity contribution is 9.11. The number of esters is 1. The molecule has 5 nitrogen and oxygen atoms in total. The predicted molar refractivity (Wildman–Crippen MR) is 85.3 cm³/mol. The molecule has 21 heavy (non-hydrogen) atoms. The first-order chi connectivity index (χ1) is 9.93. The van der Waals surface area contributed by atoms with Crippen molar-refractivity contribution >= 4 is 49.9 Å². The molecule has 7 heteroatoms. The summed E-state index contributed by atoms with van der Waals surface area (Å²) in [6.45, 7) is 0.372. The van der Waals surface area contributed by atoms with Crippen molar-refractivity contribution < 1.29 is 24.2 Å². The molecule has 0 bridgehead atoms. The van der Waals surface area contributed by atoms with Crippen LogP contribution in [0, 0.1) is 0 Å². The van der Waals surface area contributed by atoms with Crippen molar-refractivity contribution in [1.29, 1.82) is 0 Å². The Morgan fingerprint density at radius 1 is 1.29 bits per heavy atom. The van der Waals surface area contributed by atoms with Crippen molar-refractivity contribution in [2.75, 3.05) is 13.7 Å². The van der Waals surface area contributed by atoms with Crippen LogP contribution in [0.2, 0.25) is 0 Å². The van der Waals surface area contributed by atoms with Crippen LogP contribution < -0.4 is 4.74 Å². The predicted octanol–water partition coefficient (Wildman–Crippen LogP) is 3.64. The third-order valence-corrected chi connectivity index (χ3v) is 3.62. The summed E-state index contributed by atoms with van der Waals surface area (Å²) in [5, 5.41) is 8.60. The highest BCUT2D eigenvalue weighted by Crippen LogP contribution is 2.35. The van der Waals surface area contributed by atoms with Crippen molar-refractivity contribution in [2.45, 2.75) is 12.8 Å². The number of rotatable bonds is 7. The van der Waals surface area contributed by atoms with Gasteiger partial charge in [0, 0.05) is 12.5 Å². The maximum absolute atomic E-state index is 11.0. The van der Waals surface area contributed by atoms with E-state index in [2.05, 4.69) is 36.6 Å². The second-order valence-corrected chi connectivity index (χ2v) is 5.72. The molecule has 1 rings (SSSR count). The monoisotopic (exact) mass is 420 g/mol. The van der Waals surface area contributed by atoms with Crippen molar-refractivity contribution in [3.63, 3.8) is 0 Å². The van der Waals surface area contributed by atoms with Gasteiger partial charge in [0.25, 0.3) is 0 Å². The molecule has 0 aliphatic carbocycles. The van der Waals surface area contributed by atoms with Gasteiger partial charge in [0.1, 0.15) is 5.75 Å². The maximum Gasteiger partial charge on any atom is 0.328 e. The van der Waals surface area contributed by atoms with Crippen LogP contribution in [0.3, 0.4) is 0 Å². The van der Waals surface area contributed by atoms with Gasteiger partial charge in [-0.1, -0.05) is 0 Å². The van der Waals surface area contributed by atoms with Crippen LogP contribution in [-0.4, -0.2) is 30.8 Å². The minimum atomic E-state index is -1.01. The molecule has 0 fully saturated rings. The van der Waals surface area contributed by atoms with Gasteiger partial charge in [0.2, 0.25) is 0 Å². The third kappa shape index (κ3) is 6.31. The number of hydrogen-bond donors (Lipinski definition) is 1. The zero-order valence-corrected chi connectivity index (χ0v) is 14.4. The minimum Gasteiger partial charge on any atom is -0.491 e. The summed E-state index contributed by atoms with van der Waals surface area (Å²) < 4.78 is 11.5. The van der Waals surface area contributed by atoms with E-state index in [0.29, 0.717) is 34.1 Å². The lowest BCUT2D eigenvalue weighted by Gasteiger charge is -2.11. The molecule has 0 unspecified atom stereocenters. The largest absolute Gasteiger partial charge is 0.491 e. The molecule has 0 aliphatic heterocycles. The molecule has 0 amide bonds. The summed E-state index contributed by atoms with van der Waals surface area (Å²) >= 11 is 6.74. The molecule has 1 aromatic carbocycles. The van der Waals surface area contributed by atoms with E-state index in [-0.39, 0.29) is 5.97 Å². The van der Waals surface area contributed by atoms with Crippen LogP contribution in [0.4, 0.5) is 0 Å². The zero-order chi connectivity index (χ0) is 15.8. The number of hydrogen-bond acceptors (Lipinski definition) is 4. The van der Waals surface area contributed by atoms with Gasteiger partial charge in [0.05, 0.1) is 22.7 Å². The summed E-state index contributed by atoms with van der Waals surface area (Å²) in [7, 11) is 1.35. The highest BCUT2D eigenvalue weighted by atomic mass is 79.9. The maximum atomic E-state index is 11.0. The lowest BCUT2D eigenvalue weighted by molar-refractivity contribution is -0.140. The van der Waals surface area contributed by atoms with Crippen LogP contribution >= 0.6 is 31.9 Å². The first-order valence-electron chi connectivity index (χ1n) is 6.03. The van der Waals surface area contributed by atoms with Gasteiger partial charge in [0.15, 0.2) is 0 Å². The number of carbonyl (C=O) groups is 2.